The zero-order valence-electron chi connectivity index (χ0n) is 11.7. The number of aromatic nitrogens is 5. The van der Waals surface area contributed by atoms with E-state index in [1.807, 2.05) is 0 Å². The molecule has 0 aliphatic carbocycles. The predicted octanol–water partition coefficient (Wildman–Crippen LogP) is 0.823. The molecule has 0 saturated heterocycles. The fraction of sp³-hybridized carbons (Fsp3) is 0. The Morgan fingerprint density at radius 3 is 2.87 bits per heavy atom. The summed E-state index contributed by atoms with van der Waals surface area (Å²) >= 11 is 0. The molecule has 4 heterocycles. The molecule has 0 aromatic carbocycles. The van der Waals surface area contributed by atoms with Crippen LogP contribution >= 0.6 is 0 Å². The summed E-state index contributed by atoms with van der Waals surface area (Å²) in [7, 11) is 0. The lowest BCUT2D eigenvalue weighted by Gasteiger charge is -2.09. The SMILES string of the molecule is O=C(Nn1ccc2c(cnc3ccnn32)c1=O)c1cccnc1. The van der Waals surface area contributed by atoms with E-state index in [0.29, 0.717) is 22.1 Å². The van der Waals surface area contributed by atoms with E-state index in [1.54, 1.807) is 41.2 Å². The van der Waals surface area contributed by atoms with Gasteiger partial charge in [-0.3, -0.25) is 20.0 Å². The Hall–Kier alpha value is -3.55. The van der Waals surface area contributed by atoms with Crippen molar-refractivity contribution in [1.82, 2.24) is 24.3 Å². The number of hydrogen-bond donors (Lipinski definition) is 1. The van der Waals surface area contributed by atoms with Crippen molar-refractivity contribution >= 4 is 22.5 Å². The van der Waals surface area contributed by atoms with Gasteiger partial charge in [-0.15, -0.1) is 0 Å². The number of hydrogen-bond acceptors (Lipinski definition) is 5. The molecule has 4 rings (SSSR count). The van der Waals surface area contributed by atoms with Crippen molar-refractivity contribution in [3.05, 3.63) is 71.2 Å². The number of rotatable bonds is 2. The number of carbonyl (C=O) groups excluding carboxylic acids is 1. The van der Waals surface area contributed by atoms with Crippen LogP contribution < -0.4 is 11.0 Å². The van der Waals surface area contributed by atoms with E-state index < -0.39 is 5.91 Å². The second kappa shape index (κ2) is 5.02. The monoisotopic (exact) mass is 306 g/mol. The number of fused-ring (bicyclic) bond motifs is 3. The standard InChI is InChI=1S/C15H10N6O2/c22-14(10-2-1-5-16-8-10)19-20-7-4-12-11(15(20)23)9-17-13-3-6-18-21(12)13/h1-9H,(H,19,22). The van der Waals surface area contributed by atoms with Gasteiger partial charge in [-0.2, -0.15) is 5.10 Å². The van der Waals surface area contributed by atoms with Crippen LogP contribution in [0.2, 0.25) is 0 Å². The van der Waals surface area contributed by atoms with Crippen molar-refractivity contribution in [2.45, 2.75) is 0 Å². The topological polar surface area (TPSA) is 94.2 Å². The summed E-state index contributed by atoms with van der Waals surface area (Å²) in [5.74, 6) is -0.423. The first-order valence-corrected chi connectivity index (χ1v) is 6.79. The molecule has 1 N–H and O–H groups in total. The summed E-state index contributed by atoms with van der Waals surface area (Å²) in [5.41, 5.74) is 3.77. The van der Waals surface area contributed by atoms with Crippen LogP contribution in [0.3, 0.4) is 0 Å². The number of amides is 1. The maximum atomic E-state index is 12.5. The maximum absolute atomic E-state index is 12.5. The molecule has 0 aliphatic heterocycles. The number of carbonyl (C=O) groups is 1. The fourth-order valence-corrected chi connectivity index (χ4v) is 2.32. The Bertz CT molecular complexity index is 1080. The highest BCUT2D eigenvalue weighted by atomic mass is 16.2. The molecule has 0 atom stereocenters. The van der Waals surface area contributed by atoms with Gasteiger partial charge in [0.2, 0.25) is 0 Å². The molecule has 1 amide bonds. The first-order valence-electron chi connectivity index (χ1n) is 6.79. The van der Waals surface area contributed by atoms with E-state index in [4.69, 9.17) is 0 Å². The van der Waals surface area contributed by atoms with Gasteiger partial charge in [0, 0.05) is 30.9 Å². The van der Waals surface area contributed by atoms with Crippen LogP contribution in [0.15, 0.2) is 60.0 Å². The zero-order chi connectivity index (χ0) is 15.8. The van der Waals surface area contributed by atoms with Crippen molar-refractivity contribution < 1.29 is 4.79 Å². The highest BCUT2D eigenvalue weighted by Crippen LogP contribution is 2.10. The second-order valence-electron chi connectivity index (χ2n) is 4.83. The summed E-state index contributed by atoms with van der Waals surface area (Å²) in [5, 5.41) is 4.49. The lowest BCUT2D eigenvalue weighted by molar-refractivity contribution is 0.101. The molecule has 0 fully saturated rings. The van der Waals surface area contributed by atoms with Gasteiger partial charge in [0.1, 0.15) is 0 Å². The van der Waals surface area contributed by atoms with Crippen LogP contribution in [-0.2, 0) is 0 Å². The van der Waals surface area contributed by atoms with E-state index in [0.717, 1.165) is 4.68 Å². The van der Waals surface area contributed by atoms with Crippen LogP contribution in [0.25, 0.3) is 16.6 Å². The van der Waals surface area contributed by atoms with Crippen molar-refractivity contribution in [3.63, 3.8) is 0 Å². The minimum atomic E-state index is -0.423. The molecule has 112 valence electrons. The van der Waals surface area contributed by atoms with E-state index >= 15 is 0 Å². The second-order valence-corrected chi connectivity index (χ2v) is 4.83. The molecule has 0 spiro atoms. The third-order valence-electron chi connectivity index (χ3n) is 3.43. The molecule has 8 nitrogen and oxygen atoms in total. The molecule has 0 bridgehead atoms. The number of pyridine rings is 2. The first-order chi connectivity index (χ1) is 11.2. The Morgan fingerprint density at radius 2 is 2.04 bits per heavy atom. The lowest BCUT2D eigenvalue weighted by Crippen LogP contribution is -2.33. The van der Waals surface area contributed by atoms with Gasteiger partial charge in [-0.25, -0.2) is 14.2 Å². The minimum Gasteiger partial charge on any atom is -0.267 e. The van der Waals surface area contributed by atoms with Gasteiger partial charge in [0.05, 0.1) is 22.7 Å². The Balaban J connectivity index is 1.79. The van der Waals surface area contributed by atoms with Crippen LogP contribution in [0.4, 0.5) is 0 Å². The lowest BCUT2D eigenvalue weighted by atomic mass is 10.3. The van der Waals surface area contributed by atoms with Gasteiger partial charge >= 0.3 is 0 Å². The van der Waals surface area contributed by atoms with Crippen LogP contribution in [-0.4, -0.2) is 30.2 Å². The van der Waals surface area contributed by atoms with Gasteiger partial charge in [0.15, 0.2) is 5.65 Å². The summed E-state index contributed by atoms with van der Waals surface area (Å²) in [6, 6.07) is 6.71. The summed E-state index contributed by atoms with van der Waals surface area (Å²) < 4.78 is 2.69. The third kappa shape index (κ3) is 2.13. The van der Waals surface area contributed by atoms with Gasteiger partial charge in [-0.1, -0.05) is 0 Å². The van der Waals surface area contributed by atoms with Gasteiger partial charge < -0.3 is 0 Å². The fourth-order valence-electron chi connectivity index (χ4n) is 2.32. The average molecular weight is 306 g/mol. The molecule has 0 radical (unpaired) electrons. The minimum absolute atomic E-state index is 0.357. The normalized spacial score (nSPS) is 11.0. The summed E-state index contributed by atoms with van der Waals surface area (Å²) in [6.45, 7) is 0. The van der Waals surface area contributed by atoms with Crippen molar-refractivity contribution in [1.29, 1.82) is 0 Å². The van der Waals surface area contributed by atoms with Crippen LogP contribution in [0.1, 0.15) is 10.4 Å². The molecule has 4 aromatic rings. The largest absolute Gasteiger partial charge is 0.280 e. The first kappa shape index (κ1) is 13.1. The van der Waals surface area contributed by atoms with Crippen molar-refractivity contribution in [2.75, 3.05) is 5.43 Å². The Kier molecular flexibility index (Phi) is 2.87. The van der Waals surface area contributed by atoms with E-state index in [1.165, 1.54) is 18.6 Å². The molecule has 23 heavy (non-hydrogen) atoms. The Labute approximate surface area is 129 Å². The Morgan fingerprint density at radius 1 is 1.13 bits per heavy atom. The van der Waals surface area contributed by atoms with Gasteiger partial charge in [-0.05, 0) is 18.2 Å². The molecule has 4 aromatic heterocycles. The number of nitrogens with zero attached hydrogens (tertiary/aromatic N) is 5. The molecule has 0 aliphatic rings. The highest BCUT2D eigenvalue weighted by molar-refractivity contribution is 5.99. The molecular weight excluding hydrogens is 296 g/mol. The molecule has 0 unspecified atom stereocenters. The number of nitrogens with one attached hydrogen (secondary N) is 1. The van der Waals surface area contributed by atoms with Crippen molar-refractivity contribution in [2.24, 2.45) is 0 Å². The maximum Gasteiger partial charge on any atom is 0.280 e. The van der Waals surface area contributed by atoms with E-state index in [2.05, 4.69) is 20.5 Å². The van der Waals surface area contributed by atoms with E-state index in [9.17, 15) is 9.59 Å². The van der Waals surface area contributed by atoms with Gasteiger partial charge in [0.25, 0.3) is 11.5 Å². The summed E-state index contributed by atoms with van der Waals surface area (Å²) in [4.78, 5) is 32.7. The molecular formula is C15H10N6O2. The predicted molar refractivity (Wildman–Crippen MR) is 82.7 cm³/mol. The smallest absolute Gasteiger partial charge is 0.267 e. The third-order valence-corrected chi connectivity index (χ3v) is 3.43. The summed E-state index contributed by atoms with van der Waals surface area (Å²) in [6.07, 6.45) is 7.56. The zero-order valence-corrected chi connectivity index (χ0v) is 11.7. The molecule has 8 heteroatoms. The molecule has 0 saturated carbocycles. The quantitative estimate of drug-likeness (QED) is 0.592. The average Bonchev–Trinajstić information content (AvgIpc) is 3.07. The van der Waals surface area contributed by atoms with Crippen molar-refractivity contribution in [3.8, 4) is 0 Å². The highest BCUT2D eigenvalue weighted by Gasteiger charge is 2.10. The van der Waals surface area contributed by atoms with Crippen LogP contribution in [0.5, 0.6) is 0 Å². The van der Waals surface area contributed by atoms with E-state index in [-0.39, 0.29) is 5.56 Å². The van der Waals surface area contributed by atoms with Crippen LogP contribution in [0, 0.1) is 0 Å².